The van der Waals surface area contributed by atoms with Crippen LogP contribution in [0.3, 0.4) is 0 Å². The Labute approximate surface area is 166 Å². The van der Waals surface area contributed by atoms with Gasteiger partial charge in [0.25, 0.3) is 0 Å². The van der Waals surface area contributed by atoms with Gasteiger partial charge in [-0.05, 0) is 57.6 Å². The first-order valence-electron chi connectivity index (χ1n) is 9.63. The summed E-state index contributed by atoms with van der Waals surface area (Å²) in [7, 11) is 0. The maximum absolute atomic E-state index is 14.6. The summed E-state index contributed by atoms with van der Waals surface area (Å²) >= 11 is 1.80. The number of thioether (sulfide) groups is 1. The molecule has 0 spiro atoms. The SMILES string of the molecule is CCNC(=NCc1ccc(N2CCC(O)CC2)c(F)c1)NCC(C)(C)SC. The van der Waals surface area contributed by atoms with Gasteiger partial charge in [-0.15, -0.1) is 0 Å². The summed E-state index contributed by atoms with van der Waals surface area (Å²) in [6, 6.07) is 5.33. The van der Waals surface area contributed by atoms with Crippen LogP contribution in [0.5, 0.6) is 0 Å². The molecule has 2 rings (SSSR count). The Morgan fingerprint density at radius 1 is 1.33 bits per heavy atom. The van der Waals surface area contributed by atoms with Gasteiger partial charge in [0.1, 0.15) is 5.82 Å². The second kappa shape index (κ2) is 10.2. The zero-order chi connectivity index (χ0) is 19.9. The number of halogens is 1. The Kier molecular flexibility index (Phi) is 8.23. The van der Waals surface area contributed by atoms with Gasteiger partial charge in [0.2, 0.25) is 0 Å². The predicted octanol–water partition coefficient (Wildman–Crippen LogP) is 2.98. The molecular weight excluding hydrogens is 363 g/mol. The van der Waals surface area contributed by atoms with E-state index < -0.39 is 0 Å². The van der Waals surface area contributed by atoms with Crippen LogP contribution in [-0.2, 0) is 6.54 Å². The molecule has 152 valence electrons. The molecule has 1 heterocycles. The Morgan fingerprint density at radius 3 is 2.63 bits per heavy atom. The van der Waals surface area contributed by atoms with Crippen LogP contribution in [0.4, 0.5) is 10.1 Å². The summed E-state index contributed by atoms with van der Waals surface area (Å²) in [5.41, 5.74) is 1.45. The fraction of sp³-hybridized carbons (Fsp3) is 0.650. The molecule has 27 heavy (non-hydrogen) atoms. The number of nitrogens with one attached hydrogen (secondary N) is 2. The molecule has 0 aliphatic carbocycles. The summed E-state index contributed by atoms with van der Waals surface area (Å²) in [6.45, 7) is 9.77. The van der Waals surface area contributed by atoms with Crippen molar-refractivity contribution in [1.29, 1.82) is 0 Å². The molecule has 1 aromatic rings. The van der Waals surface area contributed by atoms with Crippen LogP contribution in [0.2, 0.25) is 0 Å². The maximum atomic E-state index is 14.6. The Hall–Kier alpha value is -1.47. The minimum absolute atomic E-state index is 0.117. The van der Waals surface area contributed by atoms with E-state index in [2.05, 4.69) is 35.7 Å². The number of aliphatic hydroxyl groups is 1. The summed E-state index contributed by atoms with van der Waals surface area (Å²) in [4.78, 5) is 6.59. The molecule has 1 saturated heterocycles. The second-order valence-electron chi connectivity index (χ2n) is 7.52. The molecule has 0 atom stereocenters. The molecule has 0 aromatic heterocycles. The van der Waals surface area contributed by atoms with Gasteiger partial charge in [0, 0.05) is 30.9 Å². The van der Waals surface area contributed by atoms with Crippen molar-refractivity contribution in [3.8, 4) is 0 Å². The Morgan fingerprint density at radius 2 is 2.04 bits per heavy atom. The van der Waals surface area contributed by atoms with E-state index in [1.807, 2.05) is 24.0 Å². The van der Waals surface area contributed by atoms with Crippen LogP contribution in [0.15, 0.2) is 23.2 Å². The molecular formula is C20H33FN4OS. The average Bonchev–Trinajstić information content (AvgIpc) is 2.65. The van der Waals surface area contributed by atoms with Crippen LogP contribution in [0, 0.1) is 5.82 Å². The minimum Gasteiger partial charge on any atom is -0.393 e. The fourth-order valence-corrected chi connectivity index (χ4v) is 3.11. The quantitative estimate of drug-likeness (QED) is 0.489. The van der Waals surface area contributed by atoms with Gasteiger partial charge >= 0.3 is 0 Å². The third kappa shape index (κ3) is 6.88. The van der Waals surface area contributed by atoms with Crippen molar-refractivity contribution in [2.45, 2.75) is 51.0 Å². The number of anilines is 1. The first-order chi connectivity index (χ1) is 12.8. The molecule has 0 amide bonds. The van der Waals surface area contributed by atoms with Crippen molar-refractivity contribution < 1.29 is 9.50 Å². The number of nitrogens with zero attached hydrogens (tertiary/aromatic N) is 2. The first-order valence-corrected chi connectivity index (χ1v) is 10.9. The van der Waals surface area contributed by atoms with Gasteiger partial charge in [-0.1, -0.05) is 6.07 Å². The van der Waals surface area contributed by atoms with E-state index in [0.717, 1.165) is 24.6 Å². The molecule has 0 saturated carbocycles. The molecule has 1 aliphatic rings. The summed E-state index contributed by atoms with van der Waals surface area (Å²) in [5.74, 6) is 0.523. The lowest BCUT2D eigenvalue weighted by atomic mass is 10.1. The van der Waals surface area contributed by atoms with Crippen LogP contribution in [-0.4, -0.2) is 54.4 Å². The molecule has 0 unspecified atom stereocenters. The third-order valence-electron chi connectivity index (χ3n) is 4.82. The van der Waals surface area contributed by atoms with Crippen molar-refractivity contribution in [3.63, 3.8) is 0 Å². The van der Waals surface area contributed by atoms with Crippen molar-refractivity contribution in [2.24, 2.45) is 4.99 Å². The van der Waals surface area contributed by atoms with E-state index in [9.17, 15) is 9.50 Å². The highest BCUT2D eigenvalue weighted by Crippen LogP contribution is 2.24. The van der Waals surface area contributed by atoms with Crippen LogP contribution in [0.1, 0.15) is 39.2 Å². The van der Waals surface area contributed by atoms with Gasteiger partial charge in [0.15, 0.2) is 5.96 Å². The molecule has 5 nitrogen and oxygen atoms in total. The van der Waals surface area contributed by atoms with E-state index >= 15 is 0 Å². The van der Waals surface area contributed by atoms with E-state index in [1.165, 1.54) is 0 Å². The monoisotopic (exact) mass is 396 g/mol. The Bertz CT molecular complexity index is 630. The molecule has 7 heteroatoms. The second-order valence-corrected chi connectivity index (χ2v) is 9.03. The van der Waals surface area contributed by atoms with E-state index in [4.69, 9.17) is 0 Å². The smallest absolute Gasteiger partial charge is 0.191 e. The lowest BCUT2D eigenvalue weighted by molar-refractivity contribution is 0.145. The van der Waals surface area contributed by atoms with E-state index in [1.54, 1.807) is 17.8 Å². The zero-order valence-corrected chi connectivity index (χ0v) is 17.7. The first kappa shape index (κ1) is 21.8. The van der Waals surface area contributed by atoms with E-state index in [-0.39, 0.29) is 16.7 Å². The number of rotatable bonds is 7. The summed E-state index contributed by atoms with van der Waals surface area (Å²) < 4.78 is 14.7. The summed E-state index contributed by atoms with van der Waals surface area (Å²) in [6.07, 6.45) is 3.22. The van der Waals surface area contributed by atoms with E-state index in [0.29, 0.717) is 38.2 Å². The van der Waals surface area contributed by atoms with Crippen molar-refractivity contribution in [1.82, 2.24) is 10.6 Å². The number of aliphatic hydroxyl groups excluding tert-OH is 1. The van der Waals surface area contributed by atoms with Crippen LogP contribution in [0.25, 0.3) is 0 Å². The van der Waals surface area contributed by atoms with Crippen LogP contribution >= 0.6 is 11.8 Å². The molecule has 1 fully saturated rings. The topological polar surface area (TPSA) is 59.9 Å². The zero-order valence-electron chi connectivity index (χ0n) is 16.9. The molecule has 0 radical (unpaired) electrons. The molecule has 1 aliphatic heterocycles. The van der Waals surface area contributed by atoms with Gasteiger partial charge in [-0.2, -0.15) is 11.8 Å². The van der Waals surface area contributed by atoms with Gasteiger partial charge in [0.05, 0.1) is 18.3 Å². The number of piperidine rings is 1. The number of hydrogen-bond acceptors (Lipinski definition) is 4. The number of hydrogen-bond donors (Lipinski definition) is 3. The Balaban J connectivity index is 2.00. The number of guanidine groups is 1. The number of aliphatic imine (C=N–C) groups is 1. The largest absolute Gasteiger partial charge is 0.393 e. The average molecular weight is 397 g/mol. The highest BCUT2D eigenvalue weighted by molar-refractivity contribution is 7.99. The van der Waals surface area contributed by atoms with Crippen molar-refractivity contribution in [3.05, 3.63) is 29.6 Å². The highest BCUT2D eigenvalue weighted by Gasteiger charge is 2.20. The lowest BCUT2D eigenvalue weighted by Gasteiger charge is -2.31. The highest BCUT2D eigenvalue weighted by atomic mass is 32.2. The third-order valence-corrected chi connectivity index (χ3v) is 6.06. The molecule has 1 aromatic carbocycles. The van der Waals surface area contributed by atoms with Gasteiger partial charge in [-0.3, -0.25) is 0 Å². The van der Waals surface area contributed by atoms with Crippen molar-refractivity contribution in [2.75, 3.05) is 37.3 Å². The minimum atomic E-state index is -0.258. The van der Waals surface area contributed by atoms with Crippen LogP contribution < -0.4 is 15.5 Å². The molecule has 3 N–H and O–H groups in total. The van der Waals surface area contributed by atoms with Gasteiger partial charge in [-0.25, -0.2) is 9.38 Å². The predicted molar refractivity (Wildman–Crippen MR) is 114 cm³/mol. The maximum Gasteiger partial charge on any atom is 0.191 e. The van der Waals surface area contributed by atoms with Gasteiger partial charge < -0.3 is 20.6 Å². The summed E-state index contributed by atoms with van der Waals surface area (Å²) in [5, 5.41) is 16.2. The molecule has 0 bridgehead atoms. The standard InChI is InChI=1S/C20H33FN4OS/c1-5-22-19(24-14-20(2,3)27-4)23-13-15-6-7-18(17(21)12-15)25-10-8-16(26)9-11-25/h6-7,12,16,26H,5,8-11,13-14H2,1-4H3,(H2,22,23,24). The van der Waals surface area contributed by atoms with Crippen molar-refractivity contribution >= 4 is 23.4 Å². The normalized spacial score (nSPS) is 16.5. The fourth-order valence-electron chi connectivity index (χ4n) is 2.89. The number of benzene rings is 1. The lowest BCUT2D eigenvalue weighted by Crippen LogP contribution is -2.43.